The van der Waals surface area contributed by atoms with Gasteiger partial charge in [0.15, 0.2) is 0 Å². The number of nitrogens with one attached hydrogen (secondary N) is 1. The van der Waals surface area contributed by atoms with E-state index in [1.54, 1.807) is 30.5 Å². The van der Waals surface area contributed by atoms with Crippen molar-refractivity contribution in [1.82, 2.24) is 9.97 Å². The molecule has 1 aromatic carbocycles. The molecule has 2 heterocycles. The van der Waals surface area contributed by atoms with E-state index in [2.05, 4.69) is 15.3 Å². The number of carbonyl (C=O) groups is 1. The van der Waals surface area contributed by atoms with E-state index < -0.39 is 18.2 Å². The summed E-state index contributed by atoms with van der Waals surface area (Å²) in [6.45, 7) is 0.704. The van der Waals surface area contributed by atoms with Crippen molar-refractivity contribution in [3.63, 3.8) is 0 Å². The number of rotatable bonds is 5. The number of ether oxygens (including phenoxy) is 1. The molecule has 0 aliphatic carbocycles. The van der Waals surface area contributed by atoms with Crippen LogP contribution >= 0.6 is 0 Å². The standard InChI is InChI=1S/C18H20F3N5O2/c19-18(20,21)13-5-7-26(8-6-13)16-10-23-15(9-24-16)25-14-3-1-12(2-4-14)11-28-17(22)27/h1-4,9-10,13H,5-8,11H2,(H2,22,27)(H,23,25). The highest BCUT2D eigenvalue weighted by molar-refractivity contribution is 5.64. The van der Waals surface area contributed by atoms with Gasteiger partial charge in [-0.15, -0.1) is 0 Å². The number of nitrogens with two attached hydrogens (primary N) is 1. The molecule has 1 fully saturated rings. The van der Waals surface area contributed by atoms with Gasteiger partial charge in [0.25, 0.3) is 0 Å². The molecule has 1 saturated heterocycles. The largest absolute Gasteiger partial charge is 0.445 e. The second kappa shape index (κ2) is 8.32. The molecule has 3 N–H and O–H groups in total. The molecule has 0 saturated carbocycles. The van der Waals surface area contributed by atoms with Gasteiger partial charge < -0.3 is 20.7 Å². The summed E-state index contributed by atoms with van der Waals surface area (Å²) < 4.78 is 43.0. The van der Waals surface area contributed by atoms with Gasteiger partial charge in [-0.25, -0.2) is 14.8 Å². The van der Waals surface area contributed by atoms with Crippen LogP contribution in [-0.2, 0) is 11.3 Å². The zero-order chi connectivity index (χ0) is 20.1. The van der Waals surface area contributed by atoms with Gasteiger partial charge in [-0.1, -0.05) is 12.1 Å². The fraction of sp³-hybridized carbons (Fsp3) is 0.389. The van der Waals surface area contributed by atoms with Gasteiger partial charge in [-0.2, -0.15) is 13.2 Å². The average molecular weight is 395 g/mol. The van der Waals surface area contributed by atoms with Crippen LogP contribution in [0.3, 0.4) is 0 Å². The molecule has 150 valence electrons. The number of alkyl halides is 3. The Labute approximate surface area is 159 Å². The summed E-state index contributed by atoms with van der Waals surface area (Å²) in [5, 5.41) is 3.08. The molecular weight excluding hydrogens is 375 g/mol. The summed E-state index contributed by atoms with van der Waals surface area (Å²) in [6.07, 6.45) is -1.75. The number of hydrogen-bond acceptors (Lipinski definition) is 6. The number of anilines is 3. The van der Waals surface area contributed by atoms with Crippen LogP contribution in [0.4, 0.5) is 35.3 Å². The summed E-state index contributed by atoms with van der Waals surface area (Å²) in [5.74, 6) is -0.172. The van der Waals surface area contributed by atoms with Crippen molar-refractivity contribution in [3.8, 4) is 0 Å². The molecule has 0 bridgehead atoms. The summed E-state index contributed by atoms with van der Waals surface area (Å²) in [4.78, 5) is 21.0. The van der Waals surface area contributed by atoms with Crippen molar-refractivity contribution < 1.29 is 22.7 Å². The van der Waals surface area contributed by atoms with E-state index in [0.717, 1.165) is 11.3 Å². The number of nitrogens with zero attached hydrogens (tertiary/aromatic N) is 3. The number of halogens is 3. The highest BCUT2D eigenvalue weighted by Gasteiger charge is 2.41. The Morgan fingerprint density at radius 3 is 2.39 bits per heavy atom. The Kier molecular flexibility index (Phi) is 5.86. The van der Waals surface area contributed by atoms with Crippen molar-refractivity contribution in [1.29, 1.82) is 0 Å². The van der Waals surface area contributed by atoms with Gasteiger partial charge in [0.05, 0.1) is 18.3 Å². The number of aromatic nitrogens is 2. The molecule has 1 aromatic heterocycles. The summed E-state index contributed by atoms with van der Waals surface area (Å²) in [6, 6.07) is 7.13. The topological polar surface area (TPSA) is 93.4 Å². The molecule has 3 rings (SSSR count). The van der Waals surface area contributed by atoms with Crippen molar-refractivity contribution in [2.75, 3.05) is 23.3 Å². The first kappa shape index (κ1) is 19.7. The number of amides is 1. The monoisotopic (exact) mass is 395 g/mol. The predicted molar refractivity (Wildman–Crippen MR) is 97.1 cm³/mol. The van der Waals surface area contributed by atoms with Gasteiger partial charge in [-0.3, -0.25) is 0 Å². The molecule has 0 radical (unpaired) electrons. The van der Waals surface area contributed by atoms with Crippen LogP contribution in [0.1, 0.15) is 18.4 Å². The minimum atomic E-state index is -4.13. The summed E-state index contributed by atoms with van der Waals surface area (Å²) >= 11 is 0. The fourth-order valence-electron chi connectivity index (χ4n) is 2.97. The van der Waals surface area contributed by atoms with Crippen molar-refractivity contribution in [2.45, 2.75) is 25.6 Å². The molecule has 10 heteroatoms. The highest BCUT2D eigenvalue weighted by Crippen LogP contribution is 2.35. The zero-order valence-electron chi connectivity index (χ0n) is 14.9. The lowest BCUT2D eigenvalue weighted by Crippen LogP contribution is -2.39. The minimum Gasteiger partial charge on any atom is -0.445 e. The van der Waals surface area contributed by atoms with Crippen molar-refractivity contribution >= 4 is 23.4 Å². The van der Waals surface area contributed by atoms with E-state index in [1.165, 1.54) is 6.20 Å². The van der Waals surface area contributed by atoms with Crippen LogP contribution in [0.2, 0.25) is 0 Å². The Morgan fingerprint density at radius 2 is 1.86 bits per heavy atom. The third-order valence-corrected chi connectivity index (χ3v) is 4.53. The van der Waals surface area contributed by atoms with Crippen LogP contribution in [0, 0.1) is 5.92 Å². The van der Waals surface area contributed by atoms with Crippen molar-refractivity contribution in [2.24, 2.45) is 11.7 Å². The van der Waals surface area contributed by atoms with Gasteiger partial charge in [0, 0.05) is 18.8 Å². The average Bonchev–Trinajstić information content (AvgIpc) is 2.67. The lowest BCUT2D eigenvalue weighted by molar-refractivity contribution is -0.179. The van der Waals surface area contributed by atoms with E-state index in [9.17, 15) is 18.0 Å². The maximum absolute atomic E-state index is 12.8. The summed E-state index contributed by atoms with van der Waals surface area (Å²) in [7, 11) is 0. The molecule has 1 aliphatic heterocycles. The van der Waals surface area contributed by atoms with Crippen LogP contribution < -0.4 is 16.0 Å². The minimum absolute atomic E-state index is 0.0665. The van der Waals surface area contributed by atoms with E-state index in [1.807, 2.05) is 4.90 Å². The summed E-state index contributed by atoms with van der Waals surface area (Å²) in [5.41, 5.74) is 6.47. The van der Waals surface area contributed by atoms with Gasteiger partial charge in [-0.05, 0) is 30.5 Å². The van der Waals surface area contributed by atoms with Crippen molar-refractivity contribution in [3.05, 3.63) is 42.2 Å². The lowest BCUT2D eigenvalue weighted by Gasteiger charge is -2.33. The third kappa shape index (κ3) is 5.24. The molecule has 7 nitrogen and oxygen atoms in total. The number of benzene rings is 1. The van der Waals surface area contributed by atoms with E-state index in [4.69, 9.17) is 10.5 Å². The Morgan fingerprint density at radius 1 is 1.18 bits per heavy atom. The molecular formula is C18H20F3N5O2. The Bertz CT molecular complexity index is 788. The van der Waals surface area contributed by atoms with Gasteiger partial charge in [0.2, 0.25) is 0 Å². The first-order valence-corrected chi connectivity index (χ1v) is 8.73. The second-order valence-electron chi connectivity index (χ2n) is 6.49. The molecule has 1 amide bonds. The Hall–Kier alpha value is -3.04. The predicted octanol–water partition coefficient (Wildman–Crippen LogP) is 3.59. The van der Waals surface area contributed by atoms with Crippen LogP contribution in [0.25, 0.3) is 0 Å². The molecule has 1 aliphatic rings. The quantitative estimate of drug-likeness (QED) is 0.804. The maximum atomic E-state index is 12.8. The molecule has 0 atom stereocenters. The first-order valence-electron chi connectivity index (χ1n) is 8.73. The zero-order valence-corrected chi connectivity index (χ0v) is 14.9. The van der Waals surface area contributed by atoms with E-state index >= 15 is 0 Å². The number of primary amides is 1. The normalized spacial score (nSPS) is 15.3. The smallest absolute Gasteiger partial charge is 0.404 e. The van der Waals surface area contributed by atoms with E-state index in [0.29, 0.717) is 24.7 Å². The molecule has 0 unspecified atom stereocenters. The Balaban J connectivity index is 1.54. The second-order valence-corrected chi connectivity index (χ2v) is 6.49. The SMILES string of the molecule is NC(=O)OCc1ccc(Nc2cnc(N3CCC(C(F)(F)F)CC3)cn2)cc1. The van der Waals surface area contributed by atoms with Crippen LogP contribution in [0.15, 0.2) is 36.7 Å². The van der Waals surface area contributed by atoms with Crippen LogP contribution in [0.5, 0.6) is 0 Å². The van der Waals surface area contributed by atoms with E-state index in [-0.39, 0.29) is 19.4 Å². The first-order chi connectivity index (χ1) is 13.3. The highest BCUT2D eigenvalue weighted by atomic mass is 19.4. The van der Waals surface area contributed by atoms with Crippen LogP contribution in [-0.4, -0.2) is 35.3 Å². The molecule has 2 aromatic rings. The fourth-order valence-corrected chi connectivity index (χ4v) is 2.97. The van der Waals surface area contributed by atoms with Gasteiger partial charge in [0.1, 0.15) is 18.2 Å². The number of carbonyl (C=O) groups excluding carboxylic acids is 1. The third-order valence-electron chi connectivity index (χ3n) is 4.53. The lowest BCUT2D eigenvalue weighted by atomic mass is 9.96. The molecule has 28 heavy (non-hydrogen) atoms. The maximum Gasteiger partial charge on any atom is 0.404 e. The number of hydrogen-bond donors (Lipinski definition) is 2. The molecule has 0 spiro atoms. The number of piperidine rings is 1. The van der Waals surface area contributed by atoms with Gasteiger partial charge >= 0.3 is 12.3 Å².